The molecule has 0 aliphatic rings. The molecular weight excluding hydrogens is 380 g/mol. The summed E-state index contributed by atoms with van der Waals surface area (Å²) < 4.78 is 118. The maximum absolute atomic E-state index is 13.9. The van der Waals surface area contributed by atoms with E-state index in [1.54, 1.807) is 0 Å². The number of benzene rings is 2. The summed E-state index contributed by atoms with van der Waals surface area (Å²) in [5.74, 6) is -23.7. The van der Waals surface area contributed by atoms with Gasteiger partial charge >= 0.3 is 0 Å². The van der Waals surface area contributed by atoms with Gasteiger partial charge in [-0.3, -0.25) is 4.79 Å². The zero-order valence-corrected chi connectivity index (χ0v) is 12.7. The van der Waals surface area contributed by atoms with Crippen LogP contribution < -0.4 is 9.47 Å². The molecule has 0 bridgehead atoms. The van der Waals surface area contributed by atoms with Crippen molar-refractivity contribution in [2.75, 3.05) is 14.2 Å². The molecule has 0 saturated carbocycles. The Labute approximate surface area is 139 Å². The fraction of sp³-hybridized carbons (Fsp3) is 0.133. The van der Waals surface area contributed by atoms with Gasteiger partial charge in [-0.2, -0.15) is 17.6 Å². The van der Waals surface area contributed by atoms with E-state index in [4.69, 9.17) is 0 Å². The van der Waals surface area contributed by atoms with Crippen LogP contribution in [0.15, 0.2) is 0 Å². The van der Waals surface area contributed by atoms with Crippen molar-refractivity contribution in [2.45, 2.75) is 0 Å². The van der Waals surface area contributed by atoms with E-state index in [-0.39, 0.29) is 0 Å². The quantitative estimate of drug-likeness (QED) is 0.452. The fourth-order valence-electron chi connectivity index (χ4n) is 2.11. The van der Waals surface area contributed by atoms with Crippen molar-refractivity contribution in [2.24, 2.45) is 0 Å². The van der Waals surface area contributed by atoms with Crippen molar-refractivity contribution < 1.29 is 49.4 Å². The zero-order chi connectivity index (χ0) is 19.9. The molecule has 3 nitrogen and oxygen atoms in total. The molecule has 2 aromatic carbocycles. The van der Waals surface area contributed by atoms with Gasteiger partial charge < -0.3 is 9.47 Å². The van der Waals surface area contributed by atoms with Crippen LogP contribution in [0.2, 0.25) is 0 Å². The lowest BCUT2D eigenvalue weighted by atomic mass is 9.99. The van der Waals surface area contributed by atoms with Gasteiger partial charge in [0.2, 0.25) is 29.1 Å². The summed E-state index contributed by atoms with van der Waals surface area (Å²) in [6, 6.07) is 0. The Morgan fingerprint density at radius 1 is 0.538 bits per heavy atom. The van der Waals surface area contributed by atoms with Crippen LogP contribution >= 0.6 is 0 Å². The summed E-state index contributed by atoms with van der Waals surface area (Å²) in [5.41, 5.74) is -4.22. The number of carbonyl (C=O) groups is 1. The van der Waals surface area contributed by atoms with Crippen LogP contribution in [0.25, 0.3) is 0 Å². The van der Waals surface area contributed by atoms with E-state index in [0.29, 0.717) is 14.2 Å². The normalized spacial score (nSPS) is 10.8. The molecule has 2 rings (SSSR count). The van der Waals surface area contributed by atoms with Crippen LogP contribution in [0.1, 0.15) is 15.9 Å². The van der Waals surface area contributed by atoms with Crippen LogP contribution in [0.5, 0.6) is 11.5 Å². The fourth-order valence-corrected chi connectivity index (χ4v) is 2.11. The highest BCUT2D eigenvalue weighted by molar-refractivity contribution is 6.10. The molecule has 0 aliphatic heterocycles. The molecule has 0 heterocycles. The molecule has 2 aromatic rings. The molecule has 0 fully saturated rings. The minimum atomic E-state index is -2.38. The largest absolute Gasteiger partial charge is 0.491 e. The molecule has 0 atom stereocenters. The number of ether oxygens (including phenoxy) is 2. The van der Waals surface area contributed by atoms with Gasteiger partial charge in [-0.15, -0.1) is 0 Å². The topological polar surface area (TPSA) is 35.5 Å². The van der Waals surface area contributed by atoms with E-state index in [9.17, 15) is 39.9 Å². The number of hydrogen-bond donors (Lipinski definition) is 0. The Morgan fingerprint density at radius 2 is 0.769 bits per heavy atom. The third kappa shape index (κ3) is 2.63. The minimum absolute atomic E-state index is 0.648. The van der Waals surface area contributed by atoms with Gasteiger partial charge in [0.25, 0.3) is 0 Å². The highest BCUT2D eigenvalue weighted by Crippen LogP contribution is 2.34. The second-order valence-electron chi connectivity index (χ2n) is 4.66. The van der Waals surface area contributed by atoms with Crippen molar-refractivity contribution >= 4 is 5.78 Å². The lowest BCUT2D eigenvalue weighted by Crippen LogP contribution is -2.18. The van der Waals surface area contributed by atoms with Crippen molar-refractivity contribution in [3.63, 3.8) is 0 Å². The van der Waals surface area contributed by atoms with Crippen LogP contribution in [0.3, 0.4) is 0 Å². The standard InChI is InChI=1S/C15H6F8O3/c1-25-14-9(20)5(16)3(6(17)10(14)21)13(24)4-7(18)11(22)15(26-2)12(23)8(4)19/h1-2H3. The highest BCUT2D eigenvalue weighted by Gasteiger charge is 2.36. The summed E-state index contributed by atoms with van der Waals surface area (Å²) in [6.07, 6.45) is 0. The van der Waals surface area contributed by atoms with E-state index >= 15 is 0 Å². The highest BCUT2D eigenvalue weighted by atomic mass is 19.2. The third-order valence-corrected chi connectivity index (χ3v) is 3.31. The molecule has 0 radical (unpaired) electrons. The van der Waals surface area contributed by atoms with E-state index in [0.717, 1.165) is 0 Å². The van der Waals surface area contributed by atoms with Crippen LogP contribution in [-0.4, -0.2) is 20.0 Å². The Hall–Kier alpha value is -2.85. The van der Waals surface area contributed by atoms with E-state index in [2.05, 4.69) is 9.47 Å². The number of hydrogen-bond acceptors (Lipinski definition) is 3. The molecule has 0 aromatic heterocycles. The number of methoxy groups -OCH3 is 2. The first-order valence-electron chi connectivity index (χ1n) is 6.44. The van der Waals surface area contributed by atoms with Crippen LogP contribution in [0, 0.1) is 46.5 Å². The molecule has 26 heavy (non-hydrogen) atoms. The third-order valence-electron chi connectivity index (χ3n) is 3.31. The summed E-state index contributed by atoms with van der Waals surface area (Å²) in [7, 11) is 1.30. The lowest BCUT2D eigenvalue weighted by Gasteiger charge is -2.13. The monoisotopic (exact) mass is 386 g/mol. The molecule has 0 amide bonds. The number of rotatable bonds is 4. The predicted octanol–water partition coefficient (Wildman–Crippen LogP) is 4.05. The first kappa shape index (κ1) is 19.5. The zero-order valence-electron chi connectivity index (χ0n) is 12.7. The predicted molar refractivity (Wildman–Crippen MR) is 69.1 cm³/mol. The van der Waals surface area contributed by atoms with E-state index < -0.39 is 74.9 Å². The smallest absolute Gasteiger partial charge is 0.205 e. The Balaban J connectivity index is 2.85. The molecule has 0 N–H and O–H groups in total. The lowest BCUT2D eigenvalue weighted by molar-refractivity contribution is 0.101. The number of halogens is 8. The first-order valence-corrected chi connectivity index (χ1v) is 6.44. The molecule has 11 heteroatoms. The maximum atomic E-state index is 13.9. The Bertz CT molecular complexity index is 795. The van der Waals surface area contributed by atoms with Gasteiger partial charge in [0, 0.05) is 0 Å². The molecule has 0 unspecified atom stereocenters. The summed E-state index contributed by atoms with van der Waals surface area (Å²) >= 11 is 0. The van der Waals surface area contributed by atoms with Crippen molar-refractivity contribution in [3.05, 3.63) is 57.7 Å². The Morgan fingerprint density at radius 3 is 0.962 bits per heavy atom. The van der Waals surface area contributed by atoms with Gasteiger partial charge in [-0.1, -0.05) is 0 Å². The van der Waals surface area contributed by atoms with Gasteiger partial charge in [-0.05, 0) is 0 Å². The summed E-state index contributed by atoms with van der Waals surface area (Å²) in [4.78, 5) is 12.0. The van der Waals surface area contributed by atoms with Gasteiger partial charge in [0.05, 0.1) is 14.2 Å². The Kier molecular flexibility index (Phi) is 5.10. The van der Waals surface area contributed by atoms with Crippen molar-refractivity contribution in [3.8, 4) is 11.5 Å². The van der Waals surface area contributed by atoms with E-state index in [1.165, 1.54) is 0 Å². The number of ketones is 1. The molecular formula is C15H6F8O3. The van der Waals surface area contributed by atoms with Crippen LogP contribution in [0.4, 0.5) is 35.1 Å². The van der Waals surface area contributed by atoms with Crippen molar-refractivity contribution in [1.82, 2.24) is 0 Å². The molecule has 0 saturated heterocycles. The number of carbonyl (C=O) groups excluding carboxylic acids is 1. The first-order chi connectivity index (χ1) is 12.1. The summed E-state index contributed by atoms with van der Waals surface area (Å²) in [5, 5.41) is 0. The maximum Gasteiger partial charge on any atom is 0.205 e. The van der Waals surface area contributed by atoms with Gasteiger partial charge in [-0.25, -0.2) is 17.6 Å². The molecule has 140 valence electrons. The minimum Gasteiger partial charge on any atom is -0.491 e. The van der Waals surface area contributed by atoms with Crippen LogP contribution in [-0.2, 0) is 0 Å². The van der Waals surface area contributed by atoms with Gasteiger partial charge in [0.1, 0.15) is 11.1 Å². The average Bonchev–Trinajstić information content (AvgIpc) is 2.60. The SMILES string of the molecule is COc1c(F)c(F)c(C(=O)c2c(F)c(F)c(OC)c(F)c2F)c(F)c1F. The molecule has 0 aliphatic carbocycles. The van der Waals surface area contributed by atoms with Crippen molar-refractivity contribution in [1.29, 1.82) is 0 Å². The second kappa shape index (κ2) is 6.81. The second-order valence-corrected chi connectivity index (χ2v) is 4.66. The van der Waals surface area contributed by atoms with Gasteiger partial charge in [0.15, 0.2) is 34.8 Å². The van der Waals surface area contributed by atoms with E-state index in [1.807, 2.05) is 0 Å². The molecule has 0 spiro atoms. The average molecular weight is 386 g/mol. The summed E-state index contributed by atoms with van der Waals surface area (Å²) in [6.45, 7) is 0.